The molecule has 134 valence electrons. The molecule has 5 nitrogen and oxygen atoms in total. The summed E-state index contributed by atoms with van der Waals surface area (Å²) in [7, 11) is 0. The average Bonchev–Trinajstić information content (AvgIpc) is 3.29. The van der Waals surface area contributed by atoms with E-state index in [9.17, 15) is 13.2 Å². The van der Waals surface area contributed by atoms with E-state index in [0.717, 1.165) is 18.5 Å². The maximum Gasteiger partial charge on any atom is 0.573 e. The van der Waals surface area contributed by atoms with Gasteiger partial charge in [0.1, 0.15) is 11.6 Å². The normalized spacial score (nSPS) is 14.5. The van der Waals surface area contributed by atoms with Crippen molar-refractivity contribution >= 4 is 17.5 Å². The molecule has 0 unspecified atom stereocenters. The van der Waals surface area contributed by atoms with Crippen molar-refractivity contribution in [3.63, 3.8) is 0 Å². The lowest BCUT2D eigenvalue weighted by molar-refractivity contribution is -0.274. The lowest BCUT2D eigenvalue weighted by Gasteiger charge is -2.14. The molecule has 0 bridgehead atoms. The lowest BCUT2D eigenvalue weighted by Crippen LogP contribution is -2.17. The standard InChI is InChI=1S/C17H19F3N4O/c1-10(2)21-16-23-14(11-6-7-11)9-15(24-16)22-12-4-3-5-13(8-12)25-17(18,19)20/h3-5,8-11H,6-7H2,1-2H3,(H2,21,22,23,24). The van der Waals surface area contributed by atoms with Crippen LogP contribution in [0.15, 0.2) is 30.3 Å². The second kappa shape index (κ2) is 6.78. The molecule has 1 fully saturated rings. The van der Waals surface area contributed by atoms with E-state index in [-0.39, 0.29) is 11.8 Å². The highest BCUT2D eigenvalue weighted by atomic mass is 19.4. The number of nitrogens with zero attached hydrogens (tertiary/aromatic N) is 2. The van der Waals surface area contributed by atoms with Gasteiger partial charge < -0.3 is 15.4 Å². The van der Waals surface area contributed by atoms with Crippen molar-refractivity contribution in [1.29, 1.82) is 0 Å². The maximum atomic E-state index is 12.4. The van der Waals surface area contributed by atoms with Gasteiger partial charge in [-0.2, -0.15) is 4.98 Å². The Morgan fingerprint density at radius 1 is 1.16 bits per heavy atom. The number of rotatable bonds is 6. The number of benzene rings is 1. The Hall–Kier alpha value is -2.51. The smallest absolute Gasteiger partial charge is 0.406 e. The molecule has 1 saturated carbocycles. The first-order valence-electron chi connectivity index (χ1n) is 8.07. The number of anilines is 3. The highest BCUT2D eigenvalue weighted by Crippen LogP contribution is 2.40. The zero-order valence-corrected chi connectivity index (χ0v) is 13.9. The van der Waals surface area contributed by atoms with Crippen LogP contribution in [0, 0.1) is 0 Å². The first-order valence-corrected chi connectivity index (χ1v) is 8.07. The van der Waals surface area contributed by atoms with Gasteiger partial charge in [0.05, 0.1) is 5.69 Å². The first-order chi connectivity index (χ1) is 11.8. The third kappa shape index (κ3) is 5.23. The number of aromatic nitrogens is 2. The van der Waals surface area contributed by atoms with E-state index in [1.165, 1.54) is 18.2 Å². The Balaban J connectivity index is 1.82. The molecule has 1 aliphatic carbocycles. The number of alkyl halides is 3. The van der Waals surface area contributed by atoms with Crippen LogP contribution in [-0.2, 0) is 0 Å². The van der Waals surface area contributed by atoms with Gasteiger partial charge >= 0.3 is 6.36 Å². The molecular formula is C17H19F3N4O. The molecule has 0 radical (unpaired) electrons. The summed E-state index contributed by atoms with van der Waals surface area (Å²) in [6.07, 6.45) is -2.54. The van der Waals surface area contributed by atoms with Crippen LogP contribution in [0.2, 0.25) is 0 Å². The van der Waals surface area contributed by atoms with Crippen LogP contribution in [0.25, 0.3) is 0 Å². The van der Waals surface area contributed by atoms with Crippen LogP contribution in [0.3, 0.4) is 0 Å². The monoisotopic (exact) mass is 352 g/mol. The fourth-order valence-electron chi connectivity index (χ4n) is 2.36. The van der Waals surface area contributed by atoms with Gasteiger partial charge in [0.25, 0.3) is 0 Å². The topological polar surface area (TPSA) is 59.1 Å². The van der Waals surface area contributed by atoms with Crippen molar-refractivity contribution in [1.82, 2.24) is 9.97 Å². The second-order valence-electron chi connectivity index (χ2n) is 6.28. The Bertz CT molecular complexity index is 745. The summed E-state index contributed by atoms with van der Waals surface area (Å²) in [6.45, 7) is 3.97. The van der Waals surface area contributed by atoms with Crippen LogP contribution in [-0.4, -0.2) is 22.4 Å². The van der Waals surface area contributed by atoms with E-state index in [1.807, 2.05) is 19.9 Å². The van der Waals surface area contributed by atoms with Crippen LogP contribution in [0.4, 0.5) is 30.6 Å². The summed E-state index contributed by atoms with van der Waals surface area (Å²) < 4.78 is 41.0. The molecule has 8 heteroatoms. The number of hydrogen-bond donors (Lipinski definition) is 2. The van der Waals surface area contributed by atoms with Crippen LogP contribution < -0.4 is 15.4 Å². The Morgan fingerprint density at radius 3 is 2.56 bits per heavy atom. The SMILES string of the molecule is CC(C)Nc1nc(Nc2cccc(OC(F)(F)F)c2)cc(C2CC2)n1. The summed E-state index contributed by atoms with van der Waals surface area (Å²) in [4.78, 5) is 8.89. The molecule has 0 saturated heterocycles. The van der Waals surface area contributed by atoms with E-state index in [4.69, 9.17) is 0 Å². The first kappa shape index (κ1) is 17.3. The summed E-state index contributed by atoms with van der Waals surface area (Å²) in [6, 6.07) is 7.67. The molecule has 1 aliphatic rings. The minimum atomic E-state index is -4.72. The highest BCUT2D eigenvalue weighted by Gasteiger charge is 2.31. The number of ether oxygens (including phenoxy) is 1. The molecule has 2 N–H and O–H groups in total. The summed E-state index contributed by atoms with van der Waals surface area (Å²) in [5, 5.41) is 6.19. The average molecular weight is 352 g/mol. The number of nitrogens with one attached hydrogen (secondary N) is 2. The third-order valence-corrected chi connectivity index (χ3v) is 3.50. The minimum absolute atomic E-state index is 0.172. The summed E-state index contributed by atoms with van der Waals surface area (Å²) >= 11 is 0. The van der Waals surface area contributed by atoms with E-state index >= 15 is 0 Å². The molecule has 1 heterocycles. The van der Waals surface area contributed by atoms with Gasteiger partial charge in [-0.05, 0) is 38.8 Å². The van der Waals surface area contributed by atoms with Crippen molar-refractivity contribution in [3.05, 3.63) is 36.0 Å². The second-order valence-corrected chi connectivity index (χ2v) is 6.28. The highest BCUT2D eigenvalue weighted by molar-refractivity contribution is 5.59. The molecule has 25 heavy (non-hydrogen) atoms. The van der Waals surface area contributed by atoms with Crippen LogP contribution in [0.5, 0.6) is 5.75 Å². The molecule has 0 aliphatic heterocycles. The molecule has 0 spiro atoms. The predicted molar refractivity (Wildman–Crippen MR) is 89.2 cm³/mol. The fraction of sp³-hybridized carbons (Fsp3) is 0.412. The van der Waals surface area contributed by atoms with E-state index in [0.29, 0.717) is 23.4 Å². The molecule has 1 aromatic carbocycles. The lowest BCUT2D eigenvalue weighted by atomic mass is 10.2. The minimum Gasteiger partial charge on any atom is -0.406 e. The predicted octanol–water partition coefficient (Wildman–Crippen LogP) is 4.82. The van der Waals surface area contributed by atoms with Gasteiger partial charge in [0.15, 0.2) is 0 Å². The quantitative estimate of drug-likeness (QED) is 0.781. The molecule has 2 aromatic rings. The maximum absolute atomic E-state index is 12.4. The van der Waals surface area contributed by atoms with Crippen LogP contribution >= 0.6 is 0 Å². The van der Waals surface area contributed by atoms with E-state index < -0.39 is 6.36 Å². The molecule has 3 rings (SSSR count). The molecule has 0 atom stereocenters. The fourth-order valence-corrected chi connectivity index (χ4v) is 2.36. The van der Waals surface area contributed by atoms with E-state index in [1.54, 1.807) is 6.07 Å². The Morgan fingerprint density at radius 2 is 1.92 bits per heavy atom. The summed E-state index contributed by atoms with van der Waals surface area (Å²) in [5.41, 5.74) is 1.39. The molecule has 0 amide bonds. The van der Waals surface area contributed by atoms with Gasteiger partial charge in [0, 0.05) is 29.8 Å². The van der Waals surface area contributed by atoms with Crippen molar-refractivity contribution < 1.29 is 17.9 Å². The number of halogens is 3. The molecule has 1 aromatic heterocycles. The van der Waals surface area contributed by atoms with Crippen molar-refractivity contribution in [2.24, 2.45) is 0 Å². The zero-order chi connectivity index (χ0) is 18.0. The van der Waals surface area contributed by atoms with E-state index in [2.05, 4.69) is 25.3 Å². The summed E-state index contributed by atoms with van der Waals surface area (Å²) in [5.74, 6) is 1.18. The van der Waals surface area contributed by atoms with Crippen molar-refractivity contribution in [2.75, 3.05) is 10.6 Å². The van der Waals surface area contributed by atoms with Crippen molar-refractivity contribution in [2.45, 2.75) is 45.0 Å². The van der Waals surface area contributed by atoms with Gasteiger partial charge in [-0.15, -0.1) is 13.2 Å². The van der Waals surface area contributed by atoms with Gasteiger partial charge in [-0.3, -0.25) is 0 Å². The molecular weight excluding hydrogens is 333 g/mol. The Kier molecular flexibility index (Phi) is 4.69. The van der Waals surface area contributed by atoms with Gasteiger partial charge in [-0.1, -0.05) is 6.07 Å². The van der Waals surface area contributed by atoms with Gasteiger partial charge in [-0.25, -0.2) is 4.98 Å². The number of hydrogen-bond acceptors (Lipinski definition) is 5. The third-order valence-electron chi connectivity index (χ3n) is 3.50. The van der Waals surface area contributed by atoms with Crippen molar-refractivity contribution in [3.8, 4) is 5.75 Å². The zero-order valence-electron chi connectivity index (χ0n) is 13.9. The van der Waals surface area contributed by atoms with Crippen LogP contribution in [0.1, 0.15) is 38.3 Å². The Labute approximate surface area is 143 Å². The van der Waals surface area contributed by atoms with Gasteiger partial charge in [0.2, 0.25) is 5.95 Å². The largest absolute Gasteiger partial charge is 0.573 e.